The molecule has 6 heteroatoms. The Morgan fingerprint density at radius 3 is 2.60 bits per heavy atom. The lowest BCUT2D eigenvalue weighted by Gasteiger charge is -2.09. The van der Waals surface area contributed by atoms with E-state index in [4.69, 9.17) is 0 Å². The number of hydrogen-bond acceptors (Lipinski definition) is 3. The summed E-state index contributed by atoms with van der Waals surface area (Å²) in [6, 6.07) is 16.8. The van der Waals surface area contributed by atoms with Crippen molar-refractivity contribution in [3.8, 4) is 0 Å². The van der Waals surface area contributed by atoms with Crippen LogP contribution in [0.4, 0.5) is 5.69 Å². The maximum absolute atomic E-state index is 12.1. The first-order valence-corrected chi connectivity index (χ1v) is 8.56. The van der Waals surface area contributed by atoms with Gasteiger partial charge in [0, 0.05) is 16.1 Å². The van der Waals surface area contributed by atoms with Gasteiger partial charge < -0.3 is 10.6 Å². The second kappa shape index (κ2) is 7.90. The lowest BCUT2D eigenvalue weighted by Crippen LogP contribution is -2.33. The van der Waals surface area contributed by atoms with E-state index in [0.29, 0.717) is 5.69 Å². The van der Waals surface area contributed by atoms with Gasteiger partial charge in [-0.1, -0.05) is 52.3 Å². The van der Waals surface area contributed by atoms with E-state index < -0.39 is 0 Å². The van der Waals surface area contributed by atoms with Gasteiger partial charge in [-0.05, 0) is 23.8 Å². The number of nitrogens with one attached hydrogen (secondary N) is 2. The van der Waals surface area contributed by atoms with Gasteiger partial charge in [0.15, 0.2) is 0 Å². The number of hydrogen-bond donors (Lipinski definition) is 2. The standard InChI is InChI=1S/C19H16BrN3O2/c20-15-8-2-1-5-14(15)11-17(24)22-12-18(25)23-16-9-3-6-13-7-4-10-21-19(13)16/h1-10H,11-12H2,(H,22,24)(H,23,25). The highest BCUT2D eigenvalue weighted by Crippen LogP contribution is 2.20. The van der Waals surface area contributed by atoms with E-state index >= 15 is 0 Å². The number of benzene rings is 2. The molecule has 0 atom stereocenters. The van der Waals surface area contributed by atoms with Gasteiger partial charge >= 0.3 is 0 Å². The van der Waals surface area contributed by atoms with E-state index in [9.17, 15) is 9.59 Å². The van der Waals surface area contributed by atoms with Gasteiger partial charge in [0.05, 0.1) is 24.2 Å². The Kier molecular flexibility index (Phi) is 5.40. The van der Waals surface area contributed by atoms with E-state index in [-0.39, 0.29) is 24.8 Å². The van der Waals surface area contributed by atoms with Crippen LogP contribution in [0.1, 0.15) is 5.56 Å². The molecule has 0 spiro atoms. The number of halogens is 1. The largest absolute Gasteiger partial charge is 0.347 e. The molecule has 3 aromatic rings. The highest BCUT2D eigenvalue weighted by Gasteiger charge is 2.10. The van der Waals surface area contributed by atoms with Gasteiger partial charge in [-0.25, -0.2) is 0 Å². The van der Waals surface area contributed by atoms with E-state index in [1.54, 1.807) is 12.3 Å². The van der Waals surface area contributed by atoms with Crippen molar-refractivity contribution >= 4 is 44.3 Å². The fourth-order valence-corrected chi connectivity index (χ4v) is 2.88. The minimum Gasteiger partial charge on any atom is -0.347 e. The lowest BCUT2D eigenvalue weighted by atomic mass is 10.1. The normalized spacial score (nSPS) is 10.4. The molecule has 5 nitrogen and oxygen atoms in total. The monoisotopic (exact) mass is 397 g/mol. The Morgan fingerprint density at radius 1 is 0.960 bits per heavy atom. The first-order valence-electron chi connectivity index (χ1n) is 7.77. The van der Waals surface area contributed by atoms with Gasteiger partial charge in [-0.15, -0.1) is 0 Å². The third-order valence-corrected chi connectivity index (χ3v) is 4.44. The molecule has 2 N–H and O–H groups in total. The van der Waals surface area contributed by atoms with Crippen molar-refractivity contribution in [2.75, 3.05) is 11.9 Å². The zero-order valence-electron chi connectivity index (χ0n) is 13.3. The molecule has 25 heavy (non-hydrogen) atoms. The first-order chi connectivity index (χ1) is 12.1. The van der Waals surface area contributed by atoms with Gasteiger partial charge in [-0.2, -0.15) is 0 Å². The number of fused-ring (bicyclic) bond motifs is 1. The molecule has 0 bridgehead atoms. The van der Waals surface area contributed by atoms with E-state index in [1.165, 1.54) is 0 Å². The average Bonchev–Trinajstić information content (AvgIpc) is 2.62. The smallest absolute Gasteiger partial charge is 0.243 e. The van der Waals surface area contributed by atoms with Crippen molar-refractivity contribution in [1.82, 2.24) is 10.3 Å². The van der Waals surface area contributed by atoms with Crippen LogP contribution < -0.4 is 10.6 Å². The number of amides is 2. The zero-order valence-corrected chi connectivity index (χ0v) is 14.9. The molecular formula is C19H16BrN3O2. The second-order valence-corrected chi connectivity index (χ2v) is 6.33. The third kappa shape index (κ3) is 4.42. The van der Waals surface area contributed by atoms with Crippen molar-refractivity contribution in [3.05, 3.63) is 70.8 Å². The predicted molar refractivity (Wildman–Crippen MR) is 101 cm³/mol. The van der Waals surface area contributed by atoms with Crippen LogP contribution in [0.2, 0.25) is 0 Å². The molecule has 0 aliphatic heterocycles. The summed E-state index contributed by atoms with van der Waals surface area (Å²) < 4.78 is 0.872. The molecule has 1 heterocycles. The van der Waals surface area contributed by atoms with Gasteiger partial charge in [0.25, 0.3) is 0 Å². The highest BCUT2D eigenvalue weighted by atomic mass is 79.9. The van der Waals surface area contributed by atoms with E-state index in [2.05, 4.69) is 31.5 Å². The molecule has 0 aliphatic rings. The summed E-state index contributed by atoms with van der Waals surface area (Å²) in [4.78, 5) is 28.4. The summed E-state index contributed by atoms with van der Waals surface area (Å²) in [6.45, 7) is -0.0908. The van der Waals surface area contributed by atoms with Gasteiger partial charge in [0.1, 0.15) is 0 Å². The van der Waals surface area contributed by atoms with Crippen LogP contribution in [0, 0.1) is 0 Å². The fraction of sp³-hybridized carbons (Fsp3) is 0.105. The van der Waals surface area contributed by atoms with Crippen LogP contribution in [0.3, 0.4) is 0 Å². The van der Waals surface area contributed by atoms with Crippen LogP contribution >= 0.6 is 15.9 Å². The maximum Gasteiger partial charge on any atom is 0.243 e. The number of carbonyl (C=O) groups is 2. The molecule has 0 radical (unpaired) electrons. The molecule has 0 fully saturated rings. The molecule has 0 saturated heterocycles. The van der Waals surface area contributed by atoms with Crippen molar-refractivity contribution in [2.45, 2.75) is 6.42 Å². The highest BCUT2D eigenvalue weighted by molar-refractivity contribution is 9.10. The summed E-state index contributed by atoms with van der Waals surface area (Å²) >= 11 is 3.41. The SMILES string of the molecule is O=C(Cc1ccccc1Br)NCC(=O)Nc1cccc2cccnc12. The molecule has 1 aromatic heterocycles. The summed E-state index contributed by atoms with van der Waals surface area (Å²) in [5, 5.41) is 6.37. The van der Waals surface area contributed by atoms with Gasteiger partial charge in [-0.3, -0.25) is 14.6 Å². The number of aromatic nitrogens is 1. The predicted octanol–water partition coefficient (Wildman–Crippen LogP) is 3.29. The van der Waals surface area contributed by atoms with Crippen LogP contribution in [0.25, 0.3) is 10.9 Å². The number of carbonyl (C=O) groups excluding carboxylic acids is 2. The van der Waals surface area contributed by atoms with E-state index in [1.807, 2.05) is 48.5 Å². The third-order valence-electron chi connectivity index (χ3n) is 3.66. The fourth-order valence-electron chi connectivity index (χ4n) is 2.46. The molecule has 2 amide bonds. The summed E-state index contributed by atoms with van der Waals surface area (Å²) in [7, 11) is 0. The Hall–Kier alpha value is -2.73. The summed E-state index contributed by atoms with van der Waals surface area (Å²) in [6.07, 6.45) is 1.89. The van der Waals surface area contributed by atoms with Crippen LogP contribution in [-0.4, -0.2) is 23.3 Å². The summed E-state index contributed by atoms with van der Waals surface area (Å²) in [5.74, 6) is -0.503. The van der Waals surface area contributed by atoms with Crippen LogP contribution in [0.5, 0.6) is 0 Å². The Balaban J connectivity index is 1.57. The maximum atomic E-state index is 12.1. The number of anilines is 1. The molecule has 0 aliphatic carbocycles. The molecule has 126 valence electrons. The lowest BCUT2D eigenvalue weighted by molar-refractivity contribution is -0.123. The van der Waals surface area contributed by atoms with Crippen LogP contribution in [-0.2, 0) is 16.0 Å². The minimum atomic E-state index is -0.293. The van der Waals surface area contributed by atoms with Crippen molar-refractivity contribution in [2.24, 2.45) is 0 Å². The number of nitrogens with zero attached hydrogens (tertiary/aromatic N) is 1. The molecule has 0 unspecified atom stereocenters. The Morgan fingerprint density at radius 2 is 1.76 bits per heavy atom. The van der Waals surface area contributed by atoms with Crippen molar-refractivity contribution in [3.63, 3.8) is 0 Å². The summed E-state index contributed by atoms with van der Waals surface area (Å²) in [5.41, 5.74) is 2.22. The molecule has 3 rings (SSSR count). The molecule has 0 saturated carbocycles. The quantitative estimate of drug-likeness (QED) is 0.693. The first kappa shape index (κ1) is 17.1. The molecular weight excluding hydrogens is 382 g/mol. The Bertz CT molecular complexity index is 922. The zero-order chi connectivity index (χ0) is 17.6. The van der Waals surface area contributed by atoms with Crippen molar-refractivity contribution in [1.29, 1.82) is 0 Å². The number of rotatable bonds is 5. The number of pyridine rings is 1. The van der Waals surface area contributed by atoms with E-state index in [0.717, 1.165) is 20.9 Å². The molecule has 2 aromatic carbocycles. The van der Waals surface area contributed by atoms with Crippen LogP contribution in [0.15, 0.2) is 65.3 Å². The Labute approximate surface area is 153 Å². The minimum absolute atomic E-state index is 0.0908. The average molecular weight is 398 g/mol. The van der Waals surface area contributed by atoms with Crippen molar-refractivity contribution < 1.29 is 9.59 Å². The van der Waals surface area contributed by atoms with Gasteiger partial charge in [0.2, 0.25) is 11.8 Å². The number of para-hydroxylation sites is 1. The second-order valence-electron chi connectivity index (χ2n) is 5.47. The topological polar surface area (TPSA) is 71.1 Å².